The van der Waals surface area contributed by atoms with Gasteiger partial charge in [0.1, 0.15) is 0 Å². The van der Waals surface area contributed by atoms with Crippen LogP contribution >= 0.6 is 22.9 Å². The van der Waals surface area contributed by atoms with Crippen molar-refractivity contribution >= 4 is 28.9 Å². The van der Waals surface area contributed by atoms with E-state index in [-0.39, 0.29) is 6.03 Å². The number of nitrogens with zero attached hydrogens (tertiary/aromatic N) is 1. The first-order chi connectivity index (χ1) is 4.22. The van der Waals surface area contributed by atoms with E-state index in [9.17, 15) is 4.79 Å². The van der Waals surface area contributed by atoms with Gasteiger partial charge in [-0.2, -0.15) is 0 Å². The minimum Gasteiger partial charge on any atom is -0.316 e. The van der Waals surface area contributed by atoms with E-state index in [1.807, 2.05) is 0 Å². The van der Waals surface area contributed by atoms with Crippen LogP contribution < -0.4 is 3.53 Å². The Bertz CT molecular complexity index is 140. The van der Waals surface area contributed by atoms with Crippen LogP contribution in [0.1, 0.15) is 0 Å². The molecule has 0 fully saturated rings. The van der Waals surface area contributed by atoms with Crippen molar-refractivity contribution in [2.45, 2.75) is 0 Å². The number of terminal acetylenes is 1. The monoisotopic (exact) mass is 238 g/mol. The number of carbonyl (C=O) groups is 1. The molecule has 0 unspecified atom stereocenters. The van der Waals surface area contributed by atoms with Gasteiger partial charge >= 0.3 is 6.03 Å². The van der Waals surface area contributed by atoms with Crippen molar-refractivity contribution in [3.8, 4) is 12.3 Å². The number of rotatable bonds is 1. The summed E-state index contributed by atoms with van der Waals surface area (Å²) in [5, 5.41) is 0. The van der Waals surface area contributed by atoms with E-state index in [0.29, 0.717) is 6.54 Å². The third kappa shape index (κ3) is 3.19. The summed E-state index contributed by atoms with van der Waals surface area (Å²) in [6, 6.07) is -0.173. The highest BCUT2D eigenvalue weighted by Gasteiger charge is 2.01. The number of halogens is 1. The molecule has 0 heterocycles. The number of carbonyl (C=O) groups excluding carboxylic acids is 1. The number of hydrogen-bond acceptors (Lipinski definition) is 1. The molecule has 0 rings (SSSR count). The van der Waals surface area contributed by atoms with Crippen molar-refractivity contribution < 1.29 is 4.79 Å². The van der Waals surface area contributed by atoms with Gasteiger partial charge in [-0.25, -0.2) is 4.79 Å². The van der Waals surface area contributed by atoms with Gasteiger partial charge in [0.25, 0.3) is 0 Å². The van der Waals surface area contributed by atoms with E-state index in [1.54, 1.807) is 29.9 Å². The van der Waals surface area contributed by atoms with Crippen LogP contribution in [0.5, 0.6) is 0 Å². The SMILES string of the molecule is C#CCN(C)C(=O)NI. The summed E-state index contributed by atoms with van der Waals surface area (Å²) < 4.78 is 2.41. The van der Waals surface area contributed by atoms with Gasteiger partial charge < -0.3 is 4.90 Å². The Labute approximate surface area is 68.3 Å². The molecule has 0 spiro atoms. The second-order valence-corrected chi connectivity index (χ2v) is 2.00. The summed E-state index contributed by atoms with van der Waals surface area (Å²) in [7, 11) is 1.63. The zero-order valence-corrected chi connectivity index (χ0v) is 7.18. The molecule has 0 aliphatic rings. The highest BCUT2D eigenvalue weighted by atomic mass is 127. The Hall–Kier alpha value is -0.440. The summed E-state index contributed by atoms with van der Waals surface area (Å²) in [4.78, 5) is 12.0. The van der Waals surface area contributed by atoms with Gasteiger partial charge in [0.05, 0.1) is 29.4 Å². The molecule has 9 heavy (non-hydrogen) atoms. The van der Waals surface area contributed by atoms with E-state index in [4.69, 9.17) is 6.42 Å². The lowest BCUT2D eigenvalue weighted by Gasteiger charge is -2.10. The molecule has 0 atom stereocenters. The quantitative estimate of drug-likeness (QED) is 0.405. The van der Waals surface area contributed by atoms with Gasteiger partial charge in [-0.15, -0.1) is 6.42 Å². The maximum absolute atomic E-state index is 10.6. The van der Waals surface area contributed by atoms with Crippen LogP contribution in [-0.2, 0) is 0 Å². The molecule has 0 aromatic heterocycles. The zero-order chi connectivity index (χ0) is 7.28. The normalized spacial score (nSPS) is 7.67. The molecule has 3 nitrogen and oxygen atoms in total. The van der Waals surface area contributed by atoms with Gasteiger partial charge in [-0.3, -0.25) is 3.53 Å². The fourth-order valence-electron chi connectivity index (χ4n) is 0.281. The van der Waals surface area contributed by atoms with Gasteiger partial charge in [0, 0.05) is 7.05 Å². The lowest BCUT2D eigenvalue weighted by molar-refractivity contribution is 0.221. The molecule has 2 amide bonds. The Morgan fingerprint density at radius 2 is 2.56 bits per heavy atom. The van der Waals surface area contributed by atoms with Crippen molar-refractivity contribution in [3.05, 3.63) is 0 Å². The third-order valence-corrected chi connectivity index (χ3v) is 1.22. The highest BCUT2D eigenvalue weighted by molar-refractivity contribution is 14.1. The summed E-state index contributed by atoms with van der Waals surface area (Å²) in [5.74, 6) is 2.34. The molecular formula is C5H7IN2O. The first-order valence-electron chi connectivity index (χ1n) is 2.27. The Balaban J connectivity index is 3.62. The van der Waals surface area contributed by atoms with Gasteiger partial charge in [0.2, 0.25) is 0 Å². The van der Waals surface area contributed by atoms with Crippen molar-refractivity contribution in [1.82, 2.24) is 8.43 Å². The van der Waals surface area contributed by atoms with Crippen LogP contribution in [0, 0.1) is 12.3 Å². The molecule has 0 aromatic carbocycles. The van der Waals surface area contributed by atoms with E-state index >= 15 is 0 Å². The second-order valence-electron chi connectivity index (χ2n) is 1.46. The first kappa shape index (κ1) is 8.56. The molecular weight excluding hydrogens is 231 g/mol. The minimum absolute atomic E-state index is 0.173. The fraction of sp³-hybridized carbons (Fsp3) is 0.400. The summed E-state index contributed by atoms with van der Waals surface area (Å²) in [6.45, 7) is 0.342. The van der Waals surface area contributed by atoms with Crippen LogP contribution in [0.15, 0.2) is 0 Å². The predicted molar refractivity (Wildman–Crippen MR) is 44.0 cm³/mol. The van der Waals surface area contributed by atoms with Gasteiger partial charge in [-0.05, 0) is 0 Å². The number of nitrogens with one attached hydrogen (secondary N) is 1. The maximum Gasteiger partial charge on any atom is 0.326 e. The van der Waals surface area contributed by atoms with Crippen LogP contribution in [0.4, 0.5) is 4.79 Å². The Morgan fingerprint density at radius 1 is 2.00 bits per heavy atom. The van der Waals surface area contributed by atoms with Crippen molar-refractivity contribution in [1.29, 1.82) is 0 Å². The number of amides is 2. The van der Waals surface area contributed by atoms with Crippen molar-refractivity contribution in [2.24, 2.45) is 0 Å². The Morgan fingerprint density at radius 3 is 2.89 bits per heavy atom. The molecule has 0 aromatic rings. The molecule has 50 valence electrons. The molecule has 4 heteroatoms. The lowest BCUT2D eigenvalue weighted by atomic mass is 10.6. The van der Waals surface area contributed by atoms with Crippen LogP contribution in [0.2, 0.25) is 0 Å². The van der Waals surface area contributed by atoms with Crippen molar-refractivity contribution in [3.63, 3.8) is 0 Å². The minimum atomic E-state index is -0.173. The van der Waals surface area contributed by atoms with Crippen LogP contribution in [0.25, 0.3) is 0 Å². The molecule has 0 saturated carbocycles. The predicted octanol–water partition coefficient (Wildman–Crippen LogP) is 0.611. The van der Waals surface area contributed by atoms with Gasteiger partial charge in [-0.1, -0.05) is 5.92 Å². The lowest BCUT2D eigenvalue weighted by Crippen LogP contribution is -2.32. The summed E-state index contributed by atoms with van der Waals surface area (Å²) in [6.07, 6.45) is 4.95. The van der Waals surface area contributed by atoms with Crippen molar-refractivity contribution in [2.75, 3.05) is 13.6 Å². The number of hydrogen-bond donors (Lipinski definition) is 1. The first-order valence-corrected chi connectivity index (χ1v) is 3.35. The Kier molecular flexibility index (Phi) is 4.22. The molecule has 0 radical (unpaired) electrons. The standard InChI is InChI=1S/C5H7IN2O/c1-3-4-8(2)5(9)7-6/h1H,4H2,2H3,(H,7,9). The molecule has 0 saturated heterocycles. The van der Waals surface area contributed by atoms with E-state index < -0.39 is 0 Å². The second kappa shape index (κ2) is 4.44. The van der Waals surface area contributed by atoms with E-state index in [2.05, 4.69) is 9.45 Å². The number of urea groups is 1. The highest BCUT2D eigenvalue weighted by Crippen LogP contribution is 1.83. The average molecular weight is 238 g/mol. The molecule has 0 aliphatic heterocycles. The summed E-state index contributed by atoms with van der Waals surface area (Å²) in [5.41, 5.74) is 0. The smallest absolute Gasteiger partial charge is 0.316 e. The largest absolute Gasteiger partial charge is 0.326 e. The molecule has 1 N–H and O–H groups in total. The van der Waals surface area contributed by atoms with Gasteiger partial charge in [0.15, 0.2) is 0 Å². The maximum atomic E-state index is 10.6. The van der Waals surface area contributed by atoms with E-state index in [0.717, 1.165) is 0 Å². The van der Waals surface area contributed by atoms with Crippen LogP contribution in [0.3, 0.4) is 0 Å². The topological polar surface area (TPSA) is 32.3 Å². The van der Waals surface area contributed by atoms with Crippen LogP contribution in [-0.4, -0.2) is 24.5 Å². The van der Waals surface area contributed by atoms with E-state index in [1.165, 1.54) is 4.90 Å². The zero-order valence-electron chi connectivity index (χ0n) is 5.02. The summed E-state index contributed by atoms with van der Waals surface area (Å²) >= 11 is 1.76. The average Bonchev–Trinajstić information content (AvgIpc) is 1.87. The molecule has 0 aliphatic carbocycles. The third-order valence-electron chi connectivity index (χ3n) is 0.756. The molecule has 0 bridgehead atoms. The fourth-order valence-corrected chi connectivity index (χ4v) is 0.693.